The minimum absolute atomic E-state index is 0.0687. The fourth-order valence-corrected chi connectivity index (χ4v) is 3.45. The number of hydrogen-bond acceptors (Lipinski definition) is 2. The molecule has 1 aromatic carbocycles. The van der Waals surface area contributed by atoms with Gasteiger partial charge in [0, 0.05) is 6.04 Å². The summed E-state index contributed by atoms with van der Waals surface area (Å²) in [5.41, 5.74) is 2.09. The van der Waals surface area contributed by atoms with Crippen molar-refractivity contribution in [3.63, 3.8) is 0 Å². The van der Waals surface area contributed by atoms with Crippen molar-refractivity contribution < 1.29 is 9.18 Å². The number of rotatable bonds is 4. The second-order valence-corrected chi connectivity index (χ2v) is 6.63. The van der Waals surface area contributed by atoms with Crippen LogP contribution in [0, 0.1) is 18.7 Å². The molecule has 1 aromatic heterocycles. The Labute approximate surface area is 142 Å². The molecule has 3 rings (SSSR count). The molecule has 128 valence electrons. The van der Waals surface area contributed by atoms with Crippen LogP contribution in [0.25, 0.3) is 5.69 Å². The number of carbonyl (C=O) groups is 1. The summed E-state index contributed by atoms with van der Waals surface area (Å²) in [6.45, 7) is 4.09. The molecular weight excluding hydrogens is 305 g/mol. The van der Waals surface area contributed by atoms with Crippen molar-refractivity contribution in [3.05, 3.63) is 47.5 Å². The first kappa shape index (κ1) is 16.7. The van der Waals surface area contributed by atoms with Crippen molar-refractivity contribution in [1.82, 2.24) is 15.1 Å². The Balaban J connectivity index is 1.69. The van der Waals surface area contributed by atoms with E-state index in [1.54, 1.807) is 23.0 Å². The predicted octanol–water partition coefficient (Wildman–Crippen LogP) is 4.02. The van der Waals surface area contributed by atoms with Crippen LogP contribution >= 0.6 is 0 Å². The molecule has 0 aliphatic heterocycles. The zero-order valence-electron chi connectivity index (χ0n) is 14.3. The van der Waals surface area contributed by atoms with Gasteiger partial charge in [0.05, 0.1) is 23.1 Å². The highest BCUT2D eigenvalue weighted by Crippen LogP contribution is 2.26. The van der Waals surface area contributed by atoms with Gasteiger partial charge in [0.25, 0.3) is 5.91 Å². The van der Waals surface area contributed by atoms with Crippen LogP contribution in [0.4, 0.5) is 4.39 Å². The van der Waals surface area contributed by atoms with E-state index in [9.17, 15) is 9.18 Å². The Morgan fingerprint density at radius 3 is 2.54 bits per heavy atom. The van der Waals surface area contributed by atoms with Crippen molar-refractivity contribution in [2.45, 2.75) is 52.0 Å². The highest BCUT2D eigenvalue weighted by Gasteiger charge is 2.23. The first-order chi connectivity index (χ1) is 11.6. The van der Waals surface area contributed by atoms with E-state index in [0.717, 1.165) is 30.1 Å². The smallest absolute Gasteiger partial charge is 0.254 e. The molecule has 5 heteroatoms. The summed E-state index contributed by atoms with van der Waals surface area (Å²) in [4.78, 5) is 12.6. The molecule has 0 unspecified atom stereocenters. The summed E-state index contributed by atoms with van der Waals surface area (Å²) in [6, 6.07) is 6.35. The van der Waals surface area contributed by atoms with Gasteiger partial charge in [0.2, 0.25) is 0 Å². The molecule has 2 aromatic rings. The van der Waals surface area contributed by atoms with Crippen molar-refractivity contribution in [2.75, 3.05) is 0 Å². The average Bonchev–Trinajstić information content (AvgIpc) is 2.98. The molecule has 1 N–H and O–H groups in total. The summed E-state index contributed by atoms with van der Waals surface area (Å²) in [7, 11) is 0. The predicted molar refractivity (Wildman–Crippen MR) is 91.8 cm³/mol. The maximum Gasteiger partial charge on any atom is 0.254 e. The standard InChI is InChI=1S/C19H24FN3O/c1-3-14-4-8-16(9-5-14)22-19(24)18-12-21-23(13(18)2)17-10-6-15(20)7-11-17/h6-7,10-12,14,16H,3-5,8-9H2,1-2H3,(H,22,24). The van der Waals surface area contributed by atoms with Gasteiger partial charge in [-0.3, -0.25) is 4.79 Å². The average molecular weight is 329 g/mol. The fraction of sp³-hybridized carbons (Fsp3) is 0.474. The van der Waals surface area contributed by atoms with Crippen molar-refractivity contribution in [1.29, 1.82) is 0 Å². The van der Waals surface area contributed by atoms with Gasteiger partial charge in [0.1, 0.15) is 5.82 Å². The van der Waals surface area contributed by atoms with Gasteiger partial charge >= 0.3 is 0 Å². The normalized spacial score (nSPS) is 20.8. The zero-order valence-corrected chi connectivity index (χ0v) is 14.3. The molecule has 1 heterocycles. The topological polar surface area (TPSA) is 46.9 Å². The first-order valence-corrected chi connectivity index (χ1v) is 8.70. The lowest BCUT2D eigenvalue weighted by Crippen LogP contribution is -2.37. The highest BCUT2D eigenvalue weighted by molar-refractivity contribution is 5.95. The third-order valence-corrected chi connectivity index (χ3v) is 5.08. The number of carbonyl (C=O) groups excluding carboxylic acids is 1. The summed E-state index contributed by atoms with van der Waals surface area (Å²) in [5.74, 6) is 0.450. The first-order valence-electron chi connectivity index (χ1n) is 8.70. The van der Waals surface area contributed by atoms with E-state index in [1.165, 1.54) is 31.4 Å². The fourth-order valence-electron chi connectivity index (χ4n) is 3.45. The van der Waals surface area contributed by atoms with Crippen LogP contribution in [-0.2, 0) is 0 Å². The minimum atomic E-state index is -0.288. The molecular formula is C19H24FN3O. The molecule has 1 aliphatic carbocycles. The molecule has 1 saturated carbocycles. The van der Waals surface area contributed by atoms with Crippen LogP contribution in [-0.4, -0.2) is 21.7 Å². The van der Waals surface area contributed by atoms with Crippen LogP contribution in [0.15, 0.2) is 30.5 Å². The van der Waals surface area contributed by atoms with Crippen LogP contribution in [0.1, 0.15) is 55.1 Å². The Morgan fingerprint density at radius 2 is 1.92 bits per heavy atom. The number of nitrogens with one attached hydrogen (secondary N) is 1. The third kappa shape index (κ3) is 3.50. The molecule has 24 heavy (non-hydrogen) atoms. The maximum atomic E-state index is 13.1. The van der Waals surface area contributed by atoms with E-state index in [1.807, 2.05) is 6.92 Å². The molecule has 1 amide bonds. The molecule has 1 fully saturated rings. The third-order valence-electron chi connectivity index (χ3n) is 5.08. The summed E-state index contributed by atoms with van der Waals surface area (Å²) in [6.07, 6.45) is 7.30. The quantitative estimate of drug-likeness (QED) is 0.921. The van der Waals surface area contributed by atoms with E-state index in [0.29, 0.717) is 5.56 Å². The summed E-state index contributed by atoms with van der Waals surface area (Å²) < 4.78 is 14.7. The van der Waals surface area contributed by atoms with Gasteiger partial charge in [-0.25, -0.2) is 9.07 Å². The minimum Gasteiger partial charge on any atom is -0.349 e. The largest absolute Gasteiger partial charge is 0.349 e. The Hall–Kier alpha value is -2.17. The summed E-state index contributed by atoms with van der Waals surface area (Å²) >= 11 is 0. The van der Waals surface area contributed by atoms with Crippen molar-refractivity contribution >= 4 is 5.91 Å². The number of nitrogens with zero attached hydrogens (tertiary/aromatic N) is 2. The van der Waals surface area contributed by atoms with Crippen molar-refractivity contribution in [3.8, 4) is 5.69 Å². The Kier molecular flexibility index (Phi) is 4.97. The molecule has 0 bridgehead atoms. The lowest BCUT2D eigenvalue weighted by atomic mass is 9.84. The van der Waals surface area contributed by atoms with Gasteiger partial charge in [-0.15, -0.1) is 0 Å². The van der Waals surface area contributed by atoms with E-state index in [-0.39, 0.29) is 17.8 Å². The molecule has 4 nitrogen and oxygen atoms in total. The SMILES string of the molecule is CCC1CCC(NC(=O)c2cnn(-c3ccc(F)cc3)c2C)CC1. The van der Waals surface area contributed by atoms with E-state index < -0.39 is 0 Å². The number of halogens is 1. The van der Waals surface area contributed by atoms with E-state index in [4.69, 9.17) is 0 Å². The number of aromatic nitrogens is 2. The lowest BCUT2D eigenvalue weighted by molar-refractivity contribution is 0.0921. The van der Waals surface area contributed by atoms with Gasteiger partial charge < -0.3 is 5.32 Å². The molecule has 0 atom stereocenters. The number of hydrogen-bond donors (Lipinski definition) is 1. The van der Waals surface area contributed by atoms with Crippen LogP contribution < -0.4 is 5.32 Å². The summed E-state index contributed by atoms with van der Waals surface area (Å²) in [5, 5.41) is 7.43. The Bertz CT molecular complexity index is 700. The van der Waals surface area contributed by atoms with Crippen LogP contribution in [0.3, 0.4) is 0 Å². The lowest BCUT2D eigenvalue weighted by Gasteiger charge is -2.28. The van der Waals surface area contributed by atoms with Gasteiger partial charge in [-0.05, 0) is 62.8 Å². The molecule has 0 radical (unpaired) electrons. The van der Waals surface area contributed by atoms with Crippen LogP contribution in [0.2, 0.25) is 0 Å². The second-order valence-electron chi connectivity index (χ2n) is 6.63. The van der Waals surface area contributed by atoms with Crippen LogP contribution in [0.5, 0.6) is 0 Å². The molecule has 1 aliphatic rings. The monoisotopic (exact) mass is 329 g/mol. The zero-order chi connectivity index (χ0) is 17.1. The van der Waals surface area contributed by atoms with Gasteiger partial charge in [-0.2, -0.15) is 5.10 Å². The number of amides is 1. The number of benzene rings is 1. The maximum absolute atomic E-state index is 13.1. The van der Waals surface area contributed by atoms with E-state index in [2.05, 4.69) is 17.3 Å². The van der Waals surface area contributed by atoms with E-state index >= 15 is 0 Å². The van der Waals surface area contributed by atoms with Gasteiger partial charge in [0.15, 0.2) is 0 Å². The second kappa shape index (κ2) is 7.16. The highest BCUT2D eigenvalue weighted by atomic mass is 19.1. The molecule has 0 saturated heterocycles. The Morgan fingerprint density at radius 1 is 1.25 bits per heavy atom. The van der Waals surface area contributed by atoms with Gasteiger partial charge in [-0.1, -0.05) is 13.3 Å². The van der Waals surface area contributed by atoms with Crippen molar-refractivity contribution in [2.24, 2.45) is 5.92 Å². The molecule has 0 spiro atoms.